The molecule has 0 saturated heterocycles. The van der Waals surface area contributed by atoms with E-state index in [0.717, 1.165) is 12.8 Å². The second-order valence-electron chi connectivity index (χ2n) is 5.14. The molecule has 1 N–H and O–H groups in total. The van der Waals surface area contributed by atoms with Crippen molar-refractivity contribution in [2.24, 2.45) is 0 Å². The Labute approximate surface area is 169 Å². The smallest absolute Gasteiger partial charge is 1.00 e. The van der Waals surface area contributed by atoms with Crippen LogP contribution in [0.4, 0.5) is 0 Å². The molecule has 0 aromatic heterocycles. The fourth-order valence-electron chi connectivity index (χ4n) is 2.11. The van der Waals surface area contributed by atoms with Crippen LogP contribution in [0.1, 0.15) is 85.4 Å². The van der Waals surface area contributed by atoms with Crippen LogP contribution >= 0.6 is 0 Å². The average molecular weight is 335 g/mol. The summed E-state index contributed by atoms with van der Waals surface area (Å²) >= 11 is 0. The van der Waals surface area contributed by atoms with Gasteiger partial charge in [-0.05, 0) is 6.42 Å². The zero-order chi connectivity index (χ0) is 14.4. The van der Waals surface area contributed by atoms with Crippen molar-refractivity contribution in [3.05, 3.63) is 0 Å². The minimum absolute atomic E-state index is 0. The van der Waals surface area contributed by atoms with Crippen molar-refractivity contribution >= 4 is 10.4 Å². The molecule has 4 nitrogen and oxygen atoms in total. The van der Waals surface area contributed by atoms with E-state index in [9.17, 15) is 8.42 Å². The number of rotatable bonds is 14. The van der Waals surface area contributed by atoms with Gasteiger partial charge in [0.05, 0.1) is 6.61 Å². The summed E-state index contributed by atoms with van der Waals surface area (Å²) in [4.78, 5) is 0. The van der Waals surface area contributed by atoms with Crippen LogP contribution in [0.5, 0.6) is 0 Å². The molecule has 0 atom stereocenters. The van der Waals surface area contributed by atoms with Crippen LogP contribution in [0.3, 0.4) is 0 Å². The Hall–Kier alpha value is 1.51. The first-order valence-electron chi connectivity index (χ1n) is 7.68. The third kappa shape index (κ3) is 21.8. The van der Waals surface area contributed by atoms with E-state index in [1.165, 1.54) is 57.8 Å². The summed E-state index contributed by atoms with van der Waals surface area (Å²) in [5.74, 6) is 0. The van der Waals surface area contributed by atoms with E-state index >= 15 is 0 Å². The molecule has 0 aromatic rings. The molecule has 0 aliphatic heterocycles. The monoisotopic (exact) mass is 334 g/mol. The standard InChI is InChI=1S/C14H30O4S.K.H/c1-2-3-4-5-6-7-8-9-10-11-12-13-14-18-19(15,16)17;;/h2-14H2,1H3,(H,15,16,17);;/q;+1;-1. The van der Waals surface area contributed by atoms with Gasteiger partial charge in [-0.1, -0.05) is 77.6 Å². The molecule has 0 unspecified atom stereocenters. The minimum Gasteiger partial charge on any atom is -1.00 e. The zero-order valence-electron chi connectivity index (χ0n) is 14.3. The van der Waals surface area contributed by atoms with E-state index in [0.29, 0.717) is 6.42 Å². The molecule has 0 amide bonds. The van der Waals surface area contributed by atoms with Gasteiger partial charge in [0.1, 0.15) is 0 Å². The predicted octanol–water partition coefficient (Wildman–Crippen LogP) is 1.62. The third-order valence-corrected chi connectivity index (χ3v) is 3.69. The van der Waals surface area contributed by atoms with Gasteiger partial charge in [0, 0.05) is 0 Å². The molecule has 20 heavy (non-hydrogen) atoms. The van der Waals surface area contributed by atoms with Crippen molar-refractivity contribution in [3.63, 3.8) is 0 Å². The predicted molar refractivity (Wildman–Crippen MR) is 79.7 cm³/mol. The maximum absolute atomic E-state index is 10.3. The van der Waals surface area contributed by atoms with Gasteiger partial charge < -0.3 is 1.43 Å². The fourth-order valence-corrected chi connectivity index (χ4v) is 2.44. The molecule has 118 valence electrons. The molecule has 0 radical (unpaired) electrons. The maximum atomic E-state index is 10.3. The topological polar surface area (TPSA) is 63.6 Å². The van der Waals surface area contributed by atoms with E-state index < -0.39 is 10.4 Å². The number of unbranched alkanes of at least 4 members (excludes halogenated alkanes) is 11. The van der Waals surface area contributed by atoms with E-state index in [1.807, 2.05) is 0 Å². The summed E-state index contributed by atoms with van der Waals surface area (Å²) < 4.78 is 33.1. The van der Waals surface area contributed by atoms with Crippen LogP contribution in [0.25, 0.3) is 0 Å². The normalized spacial score (nSPS) is 11.3. The molecule has 6 heteroatoms. The van der Waals surface area contributed by atoms with Crippen LogP contribution in [-0.4, -0.2) is 19.6 Å². The van der Waals surface area contributed by atoms with Gasteiger partial charge in [0.25, 0.3) is 0 Å². The van der Waals surface area contributed by atoms with E-state index in [1.54, 1.807) is 0 Å². The number of hydrogen-bond donors (Lipinski definition) is 1. The fraction of sp³-hybridized carbons (Fsp3) is 1.00. The summed E-state index contributed by atoms with van der Waals surface area (Å²) in [5.41, 5.74) is 0. The Kier molecular flexibility index (Phi) is 20.0. The molecule has 0 aliphatic carbocycles. The van der Waals surface area contributed by atoms with Crippen molar-refractivity contribution in [1.82, 2.24) is 0 Å². The van der Waals surface area contributed by atoms with Crippen LogP contribution < -0.4 is 51.4 Å². The SMILES string of the molecule is CCCCCCCCCCCCCCOS(=O)(=O)O.[H-].[K+]. The van der Waals surface area contributed by atoms with Gasteiger partial charge in [0.15, 0.2) is 0 Å². The second-order valence-corrected chi connectivity index (χ2v) is 6.23. The van der Waals surface area contributed by atoms with Gasteiger partial charge in [-0.3, -0.25) is 4.55 Å². The molecule has 0 fully saturated rings. The Morgan fingerprint density at radius 3 is 1.50 bits per heavy atom. The van der Waals surface area contributed by atoms with Crippen molar-refractivity contribution in [2.45, 2.75) is 84.0 Å². The van der Waals surface area contributed by atoms with Gasteiger partial charge in [0.2, 0.25) is 0 Å². The minimum atomic E-state index is -4.24. The average Bonchev–Trinajstić information content (AvgIpc) is 2.34. The van der Waals surface area contributed by atoms with E-state index in [-0.39, 0.29) is 59.4 Å². The summed E-state index contributed by atoms with van der Waals surface area (Å²) in [7, 11) is -4.24. The zero-order valence-corrected chi connectivity index (χ0v) is 17.2. The third-order valence-electron chi connectivity index (χ3n) is 3.23. The van der Waals surface area contributed by atoms with Gasteiger partial charge in [-0.15, -0.1) is 0 Å². The van der Waals surface area contributed by atoms with Gasteiger partial charge in [-0.25, -0.2) is 4.18 Å². The second kappa shape index (κ2) is 16.9. The first-order valence-corrected chi connectivity index (χ1v) is 9.04. The molecular formula is C14H31KO4S. The molecule has 0 spiro atoms. The van der Waals surface area contributed by atoms with Crippen LogP contribution in [0.2, 0.25) is 0 Å². The van der Waals surface area contributed by atoms with E-state index in [2.05, 4.69) is 11.1 Å². The summed E-state index contributed by atoms with van der Waals surface area (Å²) in [6, 6.07) is 0. The quantitative estimate of drug-likeness (QED) is 0.298. The van der Waals surface area contributed by atoms with Crippen molar-refractivity contribution in [2.75, 3.05) is 6.61 Å². The molecule has 0 aliphatic rings. The van der Waals surface area contributed by atoms with Crippen molar-refractivity contribution < 1.29 is 70.0 Å². The molecule has 0 heterocycles. The summed E-state index contributed by atoms with van der Waals surface area (Å²) in [6.45, 7) is 2.33. The van der Waals surface area contributed by atoms with Gasteiger partial charge >= 0.3 is 61.8 Å². The van der Waals surface area contributed by atoms with Crippen LogP contribution in [-0.2, 0) is 14.6 Å². The first-order chi connectivity index (χ1) is 9.06. The number of hydrogen-bond acceptors (Lipinski definition) is 3. The largest absolute Gasteiger partial charge is 1.00 e. The summed E-state index contributed by atoms with van der Waals surface area (Å²) in [6.07, 6.45) is 14.7. The van der Waals surface area contributed by atoms with Crippen LogP contribution in [0.15, 0.2) is 0 Å². The van der Waals surface area contributed by atoms with Crippen LogP contribution in [0, 0.1) is 0 Å². The Balaban J connectivity index is -0.00000162. The maximum Gasteiger partial charge on any atom is 1.00 e. The molecule has 0 aromatic carbocycles. The van der Waals surface area contributed by atoms with Crippen molar-refractivity contribution in [3.8, 4) is 0 Å². The molecule has 0 saturated carbocycles. The Bertz CT molecular complexity index is 287. The Morgan fingerprint density at radius 2 is 1.15 bits per heavy atom. The molecule has 0 bridgehead atoms. The first kappa shape index (κ1) is 23.8. The van der Waals surface area contributed by atoms with E-state index in [4.69, 9.17) is 4.55 Å². The molecule has 0 rings (SSSR count). The van der Waals surface area contributed by atoms with Gasteiger partial charge in [-0.2, -0.15) is 8.42 Å². The Morgan fingerprint density at radius 1 is 0.800 bits per heavy atom. The summed E-state index contributed by atoms with van der Waals surface area (Å²) in [5, 5.41) is 0. The van der Waals surface area contributed by atoms with Crippen molar-refractivity contribution in [1.29, 1.82) is 0 Å². The molecular weight excluding hydrogens is 303 g/mol.